The highest BCUT2D eigenvalue weighted by atomic mass is 16.8. The summed E-state index contributed by atoms with van der Waals surface area (Å²) in [6.45, 7) is -7.41. The second-order valence-electron chi connectivity index (χ2n) is 21.6. The van der Waals surface area contributed by atoms with Crippen molar-refractivity contribution in [1.82, 2.24) is 0 Å². The lowest BCUT2D eigenvalue weighted by atomic mass is 9.95. The number of esters is 1. The van der Waals surface area contributed by atoms with Crippen molar-refractivity contribution in [1.29, 1.82) is 0 Å². The number of hydrogen-bond acceptors (Lipinski definition) is 37. The lowest BCUT2D eigenvalue weighted by Gasteiger charge is -2.50. The number of rotatable bonds is 9. The third-order valence-electron chi connectivity index (χ3n) is 16.1. The van der Waals surface area contributed by atoms with Crippen LogP contribution in [0.5, 0.6) is 5.75 Å². The molecule has 21 N–H and O–H groups in total. The number of aliphatic hydroxyl groups excluding tert-OH is 20. The molecule has 1 aromatic carbocycles. The van der Waals surface area contributed by atoms with Crippen LogP contribution in [0.4, 0.5) is 0 Å². The Balaban J connectivity index is 1.02. The molecule has 14 bridgehead atoms. The van der Waals surface area contributed by atoms with Crippen molar-refractivity contribution in [3.05, 3.63) is 29.8 Å². The van der Waals surface area contributed by atoms with Crippen molar-refractivity contribution >= 4 is 5.97 Å². The number of phenolic OH excluding ortho intramolecular Hbond substituents is 1. The zero-order valence-corrected chi connectivity index (χ0v) is 44.9. The van der Waals surface area contributed by atoms with Gasteiger partial charge in [0, 0.05) is 0 Å². The Kier molecular flexibility index (Phi) is 22.6. The summed E-state index contributed by atoms with van der Waals surface area (Å²) in [6.07, 6.45) is -72.1. The van der Waals surface area contributed by atoms with E-state index in [9.17, 15) is 112 Å². The molecule has 0 amide bonds. The Morgan fingerprint density at radius 2 is 0.477 bits per heavy atom. The van der Waals surface area contributed by atoms with E-state index in [1.54, 1.807) is 0 Å². The first-order valence-electron chi connectivity index (χ1n) is 27.3. The maximum Gasteiger partial charge on any atom is 0.338 e. The first-order chi connectivity index (χ1) is 41.0. The summed E-state index contributed by atoms with van der Waals surface area (Å²) >= 11 is 0. The molecule has 0 aliphatic carbocycles. The summed E-state index contributed by atoms with van der Waals surface area (Å²) < 4.78 is 86.0. The predicted molar refractivity (Wildman–Crippen MR) is 260 cm³/mol. The third kappa shape index (κ3) is 13.5. The van der Waals surface area contributed by atoms with Gasteiger partial charge in [-0.25, -0.2) is 4.79 Å². The highest BCUT2D eigenvalue weighted by Crippen LogP contribution is 2.39. The highest BCUT2D eigenvalue weighted by Gasteiger charge is 2.60. The fourth-order valence-electron chi connectivity index (χ4n) is 11.2. The maximum atomic E-state index is 13.2. The zero-order chi connectivity index (χ0) is 62.3. The van der Waals surface area contributed by atoms with E-state index in [-0.39, 0.29) is 11.3 Å². The minimum absolute atomic E-state index is 0.131. The van der Waals surface area contributed by atoms with E-state index >= 15 is 0 Å². The standard InChI is InChI=1S/C49H74O37/c50-5-14-35-22(58)29(65)44(74-14)82-37-16(7-52)76-46(31(67)24(37)60)84-39-18(9-54)78-48(33(69)26(39)62)86-41-20(11-72-42(71)12-1-3-13(56)4-2-12)79-49(34(70)27(41)63)85-40-19(10-55)77-47(32(68)25(40)61)83-38-17(8-53)75-45(30(66)23(38)59)81-36-15(6-51)73-43(80-35)28(64)21(36)57/h1-4,14-41,43-70H,5-11H2/t14-,15-,16-,17-,18-,19-,20-,21-,22+,23-,24+,25-,26+,27-,28-,29+,30-,31+,32-,33-,34-,35-,36-,37-,38-,39-,40-,41-,43-,44-,45-,46-,47-,48-,49-/m1/s1. The number of benzene rings is 1. The van der Waals surface area contributed by atoms with Gasteiger partial charge in [0.15, 0.2) is 44.0 Å². The number of carbonyl (C=O) groups is 1. The summed E-state index contributed by atoms with van der Waals surface area (Å²) in [5.74, 6) is -1.29. The van der Waals surface area contributed by atoms with Crippen LogP contribution in [0, 0.1) is 0 Å². The molecule has 22 rings (SSSR count). The smallest absolute Gasteiger partial charge is 0.338 e. The second kappa shape index (κ2) is 28.7. The average Bonchev–Trinajstić information content (AvgIpc) is 1.12. The van der Waals surface area contributed by atoms with Crippen molar-refractivity contribution in [2.24, 2.45) is 0 Å². The van der Waals surface area contributed by atoms with Gasteiger partial charge >= 0.3 is 5.97 Å². The van der Waals surface area contributed by atoms with E-state index in [0.717, 1.165) is 12.1 Å². The number of ether oxygens (including phenoxy) is 15. The van der Waals surface area contributed by atoms with E-state index in [4.69, 9.17) is 71.1 Å². The number of hydrogen-bond donors (Lipinski definition) is 21. The molecule has 1 aromatic rings. The van der Waals surface area contributed by atoms with Crippen LogP contribution in [-0.2, 0) is 71.1 Å². The van der Waals surface area contributed by atoms with Gasteiger partial charge in [-0.05, 0) is 24.3 Å². The van der Waals surface area contributed by atoms with E-state index in [1.165, 1.54) is 12.1 Å². The zero-order valence-electron chi connectivity index (χ0n) is 44.9. The van der Waals surface area contributed by atoms with Crippen LogP contribution in [0.3, 0.4) is 0 Å². The predicted octanol–water partition coefficient (Wildman–Crippen LogP) is -13.7. The van der Waals surface area contributed by atoms with Gasteiger partial charge in [-0.2, -0.15) is 0 Å². The minimum atomic E-state index is -2.30. The minimum Gasteiger partial charge on any atom is -0.508 e. The van der Waals surface area contributed by atoms with Crippen LogP contribution in [0.15, 0.2) is 24.3 Å². The molecule has 492 valence electrons. The van der Waals surface area contributed by atoms with Gasteiger partial charge in [0.25, 0.3) is 0 Å². The summed E-state index contributed by atoms with van der Waals surface area (Å²) in [6, 6.07) is 4.64. The van der Waals surface area contributed by atoms with Gasteiger partial charge in [0.05, 0.1) is 45.2 Å². The monoisotopic (exact) mass is 1250 g/mol. The van der Waals surface area contributed by atoms with Gasteiger partial charge in [0.1, 0.15) is 183 Å². The SMILES string of the molecule is O=C(OC[C@H]1O[C@@H]2O[C@H]3[C@H](O)[C@@H](O)[C@@H](O[C@H]4[C@H](O)[C@@H](O)[C@@H](O[C@H]5[C@H](O)[C@@H](O)[C@@H](O[C@H]6[C@@H](O)[C@H](O)[C@@H](O[C@H]7[C@@H](O)[C@H](O)[C@@H](O[C@H]8[C@@H](O)[C@@H](O)[C@@H](O[C@H]1[C@H](O)[C@H]2O)O[C@@H]8CO)O[C@@H]7CO)O[C@@H]6CO)O[C@@H]5CO)O[C@@H]4CO)O[C@@H]3CO)c1ccc(O)cc1. The van der Waals surface area contributed by atoms with Crippen LogP contribution in [-0.4, -0.2) is 374 Å². The van der Waals surface area contributed by atoms with Crippen molar-refractivity contribution < 1.29 is 183 Å². The van der Waals surface area contributed by atoms with E-state index in [1.807, 2.05) is 0 Å². The average molecular weight is 1260 g/mol. The van der Waals surface area contributed by atoms with Crippen molar-refractivity contribution in [2.45, 2.75) is 215 Å². The van der Waals surface area contributed by atoms with Crippen LogP contribution in [0.1, 0.15) is 10.4 Å². The second-order valence-corrected chi connectivity index (χ2v) is 21.6. The molecule has 0 radical (unpaired) electrons. The number of phenols is 1. The summed E-state index contributed by atoms with van der Waals surface area (Å²) in [4.78, 5) is 13.2. The molecule has 21 heterocycles. The van der Waals surface area contributed by atoms with Gasteiger partial charge < -0.3 is 178 Å². The molecule has 21 fully saturated rings. The largest absolute Gasteiger partial charge is 0.508 e. The normalized spacial score (nSPS) is 50.7. The highest BCUT2D eigenvalue weighted by molar-refractivity contribution is 5.89. The molecule has 0 unspecified atom stereocenters. The van der Waals surface area contributed by atoms with Gasteiger partial charge in [-0.3, -0.25) is 0 Å². The molecule has 37 heteroatoms. The van der Waals surface area contributed by atoms with Crippen LogP contribution >= 0.6 is 0 Å². The molecular formula is C49H74O37. The molecule has 0 spiro atoms. The first kappa shape index (κ1) is 67.5. The Morgan fingerprint density at radius 3 is 0.674 bits per heavy atom. The molecule has 37 nitrogen and oxygen atoms in total. The van der Waals surface area contributed by atoms with Crippen LogP contribution in [0.2, 0.25) is 0 Å². The maximum absolute atomic E-state index is 13.2. The summed E-state index contributed by atoms with van der Waals surface area (Å²) in [7, 11) is 0. The molecule has 21 aliphatic rings. The van der Waals surface area contributed by atoms with Crippen LogP contribution in [0.25, 0.3) is 0 Å². The molecule has 0 aromatic heterocycles. The fraction of sp³-hybridized carbons (Fsp3) is 0.857. The molecule has 86 heavy (non-hydrogen) atoms. The van der Waals surface area contributed by atoms with E-state index in [2.05, 4.69) is 0 Å². The Morgan fingerprint density at radius 1 is 0.291 bits per heavy atom. The molecule has 0 saturated carbocycles. The quantitative estimate of drug-likeness (QED) is 0.102. The molecular weight excluding hydrogens is 1180 g/mol. The summed E-state index contributed by atoms with van der Waals surface area (Å²) in [5.41, 5.74) is -0.131. The Labute approximate surface area is 485 Å². The summed E-state index contributed by atoms with van der Waals surface area (Å²) in [5, 5.41) is 233. The van der Waals surface area contributed by atoms with Gasteiger partial charge in [0.2, 0.25) is 0 Å². The van der Waals surface area contributed by atoms with Gasteiger partial charge in [-0.1, -0.05) is 0 Å². The van der Waals surface area contributed by atoms with Gasteiger partial charge in [-0.15, -0.1) is 0 Å². The van der Waals surface area contributed by atoms with Crippen LogP contribution < -0.4 is 0 Å². The third-order valence-corrected chi connectivity index (χ3v) is 16.1. The molecule has 21 saturated heterocycles. The fourth-order valence-corrected chi connectivity index (χ4v) is 11.2. The molecule has 21 aliphatic heterocycles. The number of aromatic hydroxyl groups is 1. The lowest BCUT2D eigenvalue weighted by Crippen LogP contribution is -2.68. The lowest BCUT2D eigenvalue weighted by molar-refractivity contribution is -0.396. The first-order valence-corrected chi connectivity index (χ1v) is 27.3. The van der Waals surface area contributed by atoms with Crippen molar-refractivity contribution in [3.8, 4) is 5.75 Å². The number of carbonyl (C=O) groups excluding carboxylic acids is 1. The van der Waals surface area contributed by atoms with E-state index < -0.39 is 267 Å². The van der Waals surface area contributed by atoms with Crippen molar-refractivity contribution in [3.63, 3.8) is 0 Å². The Bertz CT molecular complexity index is 2280. The van der Waals surface area contributed by atoms with Crippen molar-refractivity contribution in [2.75, 3.05) is 46.2 Å². The Hall–Kier alpha value is -2.87. The van der Waals surface area contributed by atoms with E-state index in [0.29, 0.717) is 0 Å². The number of aliphatic hydroxyl groups is 20. The molecule has 35 atom stereocenters. The topological polar surface area (TPSA) is 580 Å².